The highest BCUT2D eigenvalue weighted by Gasteiger charge is 2.68. The van der Waals surface area contributed by atoms with Crippen molar-refractivity contribution >= 4 is 35.5 Å². The molecule has 5 aliphatic carbocycles. The van der Waals surface area contributed by atoms with Crippen LogP contribution in [0.5, 0.6) is 0 Å². The number of benzene rings is 3. The summed E-state index contributed by atoms with van der Waals surface area (Å²) in [5.74, 6) is -3.35. The molecule has 10 rings (SSSR count). The van der Waals surface area contributed by atoms with Crippen LogP contribution in [-0.2, 0) is 24.6 Å². The molecule has 7 aliphatic rings. The number of anilines is 1. The summed E-state index contributed by atoms with van der Waals surface area (Å²) in [5, 5.41) is 5.72. The molecule has 7 nitrogen and oxygen atoms in total. The number of imide groups is 2. The van der Waals surface area contributed by atoms with Crippen LogP contribution < -0.4 is 4.90 Å². The number of para-hydroxylation sites is 1. The summed E-state index contributed by atoms with van der Waals surface area (Å²) in [4.78, 5) is 57.1. The van der Waals surface area contributed by atoms with Crippen molar-refractivity contribution in [3.63, 3.8) is 0 Å². The maximum atomic E-state index is 14.4. The summed E-state index contributed by atoms with van der Waals surface area (Å²) in [6.07, 6.45) is 6.60. The van der Waals surface area contributed by atoms with E-state index in [4.69, 9.17) is 0 Å². The smallest absolute Gasteiger partial charge is 0.254 e. The highest BCUT2D eigenvalue weighted by molar-refractivity contribution is 6.25. The van der Waals surface area contributed by atoms with Crippen molar-refractivity contribution in [2.75, 3.05) is 4.90 Å². The molecule has 3 aromatic rings. The minimum atomic E-state index is -1.13. The molecule has 3 fully saturated rings. The molecule has 3 aromatic carbocycles. The van der Waals surface area contributed by atoms with Gasteiger partial charge in [0.1, 0.15) is 0 Å². The average molecular weight is 540 g/mol. The molecule has 200 valence electrons. The molecule has 4 amide bonds. The number of rotatable bonds is 3. The van der Waals surface area contributed by atoms with E-state index in [-0.39, 0.29) is 53.2 Å². The standard InChI is InChI=1S/C34H25N3O4/c38-30-28-27-21-10-4-6-12-23(21)34(24-13-7-5-11-22(24)27,29(28)33(41)36(30)20-8-2-1-3-9-20)17-35-37-31(39)25-18-14-15-19(16-18)26(25)32(37)40/h1-15,17-19,25-29H,16H2/b35-17-/t18-,19-,25-,26+,27?,28+,29-,34?/m0/s1. The molecule has 2 heterocycles. The van der Waals surface area contributed by atoms with E-state index in [1.807, 2.05) is 66.7 Å². The number of carbonyl (C=O) groups is 4. The summed E-state index contributed by atoms with van der Waals surface area (Å²) in [7, 11) is 0. The van der Waals surface area contributed by atoms with Gasteiger partial charge in [-0.3, -0.25) is 19.2 Å². The lowest BCUT2D eigenvalue weighted by Gasteiger charge is -2.52. The van der Waals surface area contributed by atoms with Gasteiger partial charge in [-0.25, -0.2) is 4.90 Å². The minimum Gasteiger partial charge on any atom is -0.274 e. The Balaban J connectivity index is 1.25. The van der Waals surface area contributed by atoms with Gasteiger partial charge in [-0.05, 0) is 52.6 Å². The maximum absolute atomic E-state index is 14.4. The zero-order valence-electron chi connectivity index (χ0n) is 22.0. The van der Waals surface area contributed by atoms with Crippen molar-refractivity contribution in [2.45, 2.75) is 17.8 Å². The number of carbonyl (C=O) groups excluding carboxylic acids is 4. The number of allylic oxidation sites excluding steroid dienone is 2. The molecule has 1 saturated carbocycles. The van der Waals surface area contributed by atoms with Gasteiger partial charge in [0.25, 0.3) is 11.8 Å². The Morgan fingerprint density at radius 1 is 0.659 bits per heavy atom. The molecular formula is C34H25N3O4. The van der Waals surface area contributed by atoms with Crippen LogP contribution in [0.1, 0.15) is 34.6 Å². The average Bonchev–Trinajstić information content (AvgIpc) is 3.75. The zero-order valence-corrected chi connectivity index (χ0v) is 22.0. The van der Waals surface area contributed by atoms with Crippen molar-refractivity contribution in [1.29, 1.82) is 0 Å². The lowest BCUT2D eigenvalue weighted by molar-refractivity contribution is -0.140. The fourth-order valence-corrected chi connectivity index (χ4v) is 9.03. The maximum Gasteiger partial charge on any atom is 0.254 e. The van der Waals surface area contributed by atoms with Crippen LogP contribution in [0, 0.1) is 35.5 Å². The quantitative estimate of drug-likeness (QED) is 0.286. The van der Waals surface area contributed by atoms with Crippen LogP contribution in [0.2, 0.25) is 0 Å². The Morgan fingerprint density at radius 2 is 1.22 bits per heavy atom. The molecule has 0 radical (unpaired) electrons. The van der Waals surface area contributed by atoms with Gasteiger partial charge in [0.2, 0.25) is 11.8 Å². The van der Waals surface area contributed by atoms with E-state index >= 15 is 0 Å². The second-order valence-corrected chi connectivity index (χ2v) is 12.1. The van der Waals surface area contributed by atoms with Gasteiger partial charge in [-0.2, -0.15) is 10.1 Å². The molecule has 2 saturated heterocycles. The topological polar surface area (TPSA) is 87.1 Å². The molecule has 0 unspecified atom stereocenters. The normalized spacial score (nSPS) is 35.5. The number of amides is 4. The largest absolute Gasteiger partial charge is 0.274 e. The fourth-order valence-electron chi connectivity index (χ4n) is 9.03. The molecular weight excluding hydrogens is 514 g/mol. The Hall–Kier alpha value is -4.65. The van der Waals surface area contributed by atoms with Gasteiger partial charge in [0.05, 0.1) is 34.8 Å². The summed E-state index contributed by atoms with van der Waals surface area (Å²) in [5.41, 5.74) is 3.16. The number of nitrogens with zero attached hydrogens (tertiary/aromatic N) is 3. The van der Waals surface area contributed by atoms with Crippen LogP contribution in [0.15, 0.2) is 96.1 Å². The van der Waals surface area contributed by atoms with E-state index in [1.165, 1.54) is 4.90 Å². The van der Waals surface area contributed by atoms with Crippen molar-refractivity contribution in [1.82, 2.24) is 5.01 Å². The molecule has 0 spiro atoms. The lowest BCUT2D eigenvalue weighted by Crippen LogP contribution is -2.55. The Kier molecular flexibility index (Phi) is 4.37. The van der Waals surface area contributed by atoms with Crippen LogP contribution in [0.25, 0.3) is 0 Å². The first kappa shape index (κ1) is 23.1. The first-order chi connectivity index (χ1) is 20.0. The highest BCUT2D eigenvalue weighted by Crippen LogP contribution is 2.64. The third-order valence-electron chi connectivity index (χ3n) is 10.5. The highest BCUT2D eigenvalue weighted by atomic mass is 16.2. The van der Waals surface area contributed by atoms with E-state index in [1.54, 1.807) is 18.3 Å². The second kappa shape index (κ2) is 7.75. The zero-order chi connectivity index (χ0) is 27.6. The van der Waals surface area contributed by atoms with Gasteiger partial charge in [-0.15, -0.1) is 0 Å². The number of hydrazone groups is 1. The molecule has 0 aromatic heterocycles. The van der Waals surface area contributed by atoms with Gasteiger partial charge in [-0.1, -0.05) is 78.9 Å². The Labute approximate surface area is 236 Å². The Morgan fingerprint density at radius 3 is 1.83 bits per heavy atom. The molecule has 2 aliphatic heterocycles. The van der Waals surface area contributed by atoms with E-state index in [9.17, 15) is 19.2 Å². The third kappa shape index (κ3) is 2.63. The van der Waals surface area contributed by atoms with Gasteiger partial charge < -0.3 is 0 Å². The van der Waals surface area contributed by atoms with Gasteiger partial charge >= 0.3 is 0 Å². The molecule has 41 heavy (non-hydrogen) atoms. The van der Waals surface area contributed by atoms with Gasteiger partial charge in [0, 0.05) is 12.1 Å². The SMILES string of the molecule is O=C1[C@@H]2[C@H](C(=O)N1/N=C\C13c4ccccc4C(c4ccccc41)[C@H]1C(=O)N(c4ccccc4)C(=O)[C@H]13)[C@H]1C=C[C@H]2C1. The first-order valence-electron chi connectivity index (χ1n) is 14.3. The van der Waals surface area contributed by atoms with Crippen LogP contribution in [0.4, 0.5) is 5.69 Å². The molecule has 6 atom stereocenters. The minimum absolute atomic E-state index is 0.0734. The fraction of sp³-hybridized carbons (Fsp3) is 0.265. The lowest BCUT2D eigenvalue weighted by atomic mass is 9.47. The number of fused-ring (bicyclic) bond motifs is 5. The van der Waals surface area contributed by atoms with Crippen LogP contribution in [0.3, 0.4) is 0 Å². The van der Waals surface area contributed by atoms with Crippen molar-refractivity contribution < 1.29 is 19.2 Å². The van der Waals surface area contributed by atoms with Crippen molar-refractivity contribution in [3.05, 3.63) is 113 Å². The summed E-state index contributed by atoms with van der Waals surface area (Å²) in [6, 6.07) is 24.9. The third-order valence-corrected chi connectivity index (χ3v) is 10.5. The van der Waals surface area contributed by atoms with Crippen molar-refractivity contribution in [2.24, 2.45) is 40.6 Å². The summed E-state index contributed by atoms with van der Waals surface area (Å²) >= 11 is 0. The van der Waals surface area contributed by atoms with Crippen molar-refractivity contribution in [3.8, 4) is 0 Å². The summed E-state index contributed by atoms with van der Waals surface area (Å²) < 4.78 is 0. The Bertz CT molecular complexity index is 1700. The van der Waals surface area contributed by atoms with Gasteiger partial charge in [0.15, 0.2) is 0 Å². The molecule has 7 heteroatoms. The predicted octanol–water partition coefficient (Wildman–Crippen LogP) is 4.03. The number of hydrogen-bond donors (Lipinski definition) is 0. The predicted molar refractivity (Wildman–Crippen MR) is 149 cm³/mol. The molecule has 0 N–H and O–H groups in total. The van der Waals surface area contributed by atoms with E-state index in [0.717, 1.165) is 33.7 Å². The second-order valence-electron chi connectivity index (χ2n) is 12.1. The van der Waals surface area contributed by atoms with E-state index < -0.39 is 17.3 Å². The van der Waals surface area contributed by atoms with E-state index in [0.29, 0.717) is 5.69 Å². The monoisotopic (exact) mass is 539 g/mol. The van der Waals surface area contributed by atoms with Crippen LogP contribution in [-0.4, -0.2) is 34.9 Å². The number of hydrogen-bond acceptors (Lipinski definition) is 5. The van der Waals surface area contributed by atoms with Crippen LogP contribution >= 0.6 is 0 Å². The first-order valence-corrected chi connectivity index (χ1v) is 14.3. The summed E-state index contributed by atoms with van der Waals surface area (Å²) in [6.45, 7) is 0. The van der Waals surface area contributed by atoms with E-state index in [2.05, 4.69) is 17.3 Å². The molecule has 4 bridgehead atoms.